The summed E-state index contributed by atoms with van der Waals surface area (Å²) in [5, 5.41) is 2.49. The van der Waals surface area contributed by atoms with Gasteiger partial charge in [-0.3, -0.25) is 4.79 Å². The Labute approximate surface area is 89.5 Å². The van der Waals surface area contributed by atoms with Gasteiger partial charge < -0.3 is 0 Å². The number of benzene rings is 1. The van der Waals surface area contributed by atoms with E-state index in [1.54, 1.807) is 13.8 Å². The molecular formula is C12H15NO2. The number of amides is 1. The first-order valence-corrected chi connectivity index (χ1v) is 4.89. The van der Waals surface area contributed by atoms with Gasteiger partial charge in [-0.15, -0.1) is 4.91 Å². The van der Waals surface area contributed by atoms with Gasteiger partial charge in [0.15, 0.2) is 0 Å². The molecule has 1 aromatic carbocycles. The summed E-state index contributed by atoms with van der Waals surface area (Å²) in [5.41, 5.74) is 1.49. The number of hydrogen-bond donors (Lipinski definition) is 0. The molecule has 1 aromatic rings. The van der Waals surface area contributed by atoms with Crippen molar-refractivity contribution in [2.24, 2.45) is 10.6 Å². The average Bonchev–Trinajstić information content (AvgIpc) is 2.15. The van der Waals surface area contributed by atoms with E-state index in [9.17, 15) is 9.70 Å². The van der Waals surface area contributed by atoms with Crippen molar-refractivity contribution in [2.75, 3.05) is 0 Å². The van der Waals surface area contributed by atoms with E-state index in [1.807, 2.05) is 31.2 Å². The topological polar surface area (TPSA) is 46.5 Å². The summed E-state index contributed by atoms with van der Waals surface area (Å²) in [7, 11) is 0. The minimum atomic E-state index is -0.713. The maximum Gasteiger partial charge on any atom is 0.292 e. The summed E-state index contributed by atoms with van der Waals surface area (Å²) in [4.78, 5) is 21.5. The third-order valence-electron chi connectivity index (χ3n) is 2.39. The molecule has 80 valence electrons. The molecule has 0 heterocycles. The third kappa shape index (κ3) is 2.98. The minimum Gasteiger partial charge on any atom is -0.268 e. The zero-order valence-electron chi connectivity index (χ0n) is 9.28. The Hall–Kier alpha value is -1.51. The maximum absolute atomic E-state index is 11.2. The SMILES string of the molecule is Cc1cccc(CC(C)(C)C(=O)N=O)c1. The highest BCUT2D eigenvalue weighted by Gasteiger charge is 2.28. The van der Waals surface area contributed by atoms with E-state index in [4.69, 9.17) is 0 Å². The van der Waals surface area contributed by atoms with Crippen LogP contribution in [-0.4, -0.2) is 5.91 Å². The Morgan fingerprint density at radius 1 is 1.40 bits per heavy atom. The Morgan fingerprint density at radius 2 is 2.07 bits per heavy atom. The van der Waals surface area contributed by atoms with Crippen LogP contribution in [0.25, 0.3) is 0 Å². The van der Waals surface area contributed by atoms with Crippen LogP contribution >= 0.6 is 0 Å². The van der Waals surface area contributed by atoms with Crippen molar-refractivity contribution in [3.8, 4) is 0 Å². The van der Waals surface area contributed by atoms with E-state index in [0.29, 0.717) is 6.42 Å². The molecule has 0 aromatic heterocycles. The second-order valence-electron chi connectivity index (χ2n) is 4.45. The summed E-state index contributed by atoms with van der Waals surface area (Å²) in [5.74, 6) is -0.594. The Bertz CT molecular complexity index is 383. The van der Waals surface area contributed by atoms with Crippen LogP contribution in [0.3, 0.4) is 0 Å². The first-order chi connectivity index (χ1) is 6.95. The number of hydrogen-bond acceptors (Lipinski definition) is 2. The van der Waals surface area contributed by atoms with Crippen molar-refractivity contribution >= 4 is 5.91 Å². The third-order valence-corrected chi connectivity index (χ3v) is 2.39. The molecule has 3 nitrogen and oxygen atoms in total. The molecule has 0 bridgehead atoms. The summed E-state index contributed by atoms with van der Waals surface area (Å²) in [6.07, 6.45) is 0.541. The molecule has 15 heavy (non-hydrogen) atoms. The van der Waals surface area contributed by atoms with Crippen LogP contribution in [0, 0.1) is 17.2 Å². The van der Waals surface area contributed by atoms with E-state index in [2.05, 4.69) is 5.18 Å². The quantitative estimate of drug-likeness (QED) is 0.712. The summed E-state index contributed by atoms with van der Waals surface area (Å²) >= 11 is 0. The fraction of sp³-hybridized carbons (Fsp3) is 0.417. The van der Waals surface area contributed by atoms with Crippen LogP contribution in [-0.2, 0) is 11.2 Å². The number of aryl methyl sites for hydroxylation is 1. The van der Waals surface area contributed by atoms with Gasteiger partial charge in [0.05, 0.1) is 5.41 Å². The van der Waals surface area contributed by atoms with Crippen LogP contribution in [0.2, 0.25) is 0 Å². The summed E-state index contributed by atoms with van der Waals surface area (Å²) in [6.45, 7) is 5.47. The zero-order chi connectivity index (χ0) is 11.5. The van der Waals surface area contributed by atoms with Crippen LogP contribution in [0.1, 0.15) is 25.0 Å². The molecule has 0 unspecified atom stereocenters. The van der Waals surface area contributed by atoms with E-state index < -0.39 is 11.3 Å². The molecular weight excluding hydrogens is 190 g/mol. The molecule has 0 aliphatic carbocycles. The molecule has 0 fully saturated rings. The second-order valence-corrected chi connectivity index (χ2v) is 4.45. The van der Waals surface area contributed by atoms with Gasteiger partial charge >= 0.3 is 0 Å². The van der Waals surface area contributed by atoms with Crippen molar-refractivity contribution in [1.82, 2.24) is 0 Å². The molecule has 1 rings (SSSR count). The zero-order valence-corrected chi connectivity index (χ0v) is 9.28. The monoisotopic (exact) mass is 205 g/mol. The van der Waals surface area contributed by atoms with Crippen LogP contribution < -0.4 is 0 Å². The molecule has 3 heteroatoms. The normalized spacial score (nSPS) is 11.1. The molecule has 0 spiro atoms. The Balaban J connectivity index is 2.86. The molecule has 0 saturated heterocycles. The van der Waals surface area contributed by atoms with Crippen LogP contribution in [0.4, 0.5) is 0 Å². The second kappa shape index (κ2) is 4.34. The van der Waals surface area contributed by atoms with Crippen LogP contribution in [0.15, 0.2) is 29.4 Å². The Morgan fingerprint density at radius 3 is 2.60 bits per heavy atom. The molecule has 0 atom stereocenters. The van der Waals surface area contributed by atoms with Gasteiger partial charge in [0, 0.05) is 5.18 Å². The maximum atomic E-state index is 11.2. The van der Waals surface area contributed by atoms with Gasteiger partial charge in [-0.05, 0) is 18.9 Å². The van der Waals surface area contributed by atoms with Gasteiger partial charge in [-0.25, -0.2) is 0 Å². The van der Waals surface area contributed by atoms with E-state index in [1.165, 1.54) is 0 Å². The molecule has 0 aliphatic rings. The molecule has 0 aliphatic heterocycles. The van der Waals surface area contributed by atoms with Gasteiger partial charge in [0.25, 0.3) is 5.91 Å². The summed E-state index contributed by atoms with van der Waals surface area (Å²) in [6, 6.07) is 7.91. The number of carbonyl (C=O) groups excluding carboxylic acids is 1. The number of nitroso groups, excluding NO2 is 1. The number of rotatable bonds is 3. The van der Waals surface area contributed by atoms with E-state index in [-0.39, 0.29) is 0 Å². The van der Waals surface area contributed by atoms with E-state index >= 15 is 0 Å². The fourth-order valence-corrected chi connectivity index (χ4v) is 1.53. The standard InChI is InChI=1S/C12H15NO2/c1-9-5-4-6-10(7-9)8-12(2,3)11(14)13-15/h4-7H,8H2,1-3H3. The fourth-order valence-electron chi connectivity index (χ4n) is 1.53. The molecule has 0 saturated carbocycles. The first-order valence-electron chi connectivity index (χ1n) is 4.89. The highest BCUT2D eigenvalue weighted by molar-refractivity contribution is 5.82. The Kier molecular flexibility index (Phi) is 3.35. The van der Waals surface area contributed by atoms with Crippen molar-refractivity contribution in [3.63, 3.8) is 0 Å². The predicted octanol–water partition coefficient (Wildman–Crippen LogP) is 2.86. The van der Waals surface area contributed by atoms with Crippen molar-refractivity contribution in [1.29, 1.82) is 0 Å². The number of nitrogens with zero attached hydrogens (tertiary/aromatic N) is 1. The van der Waals surface area contributed by atoms with Crippen molar-refractivity contribution in [2.45, 2.75) is 27.2 Å². The van der Waals surface area contributed by atoms with Crippen molar-refractivity contribution in [3.05, 3.63) is 40.3 Å². The lowest BCUT2D eigenvalue weighted by atomic mass is 9.85. The smallest absolute Gasteiger partial charge is 0.268 e. The highest BCUT2D eigenvalue weighted by atomic mass is 16.3. The summed E-state index contributed by atoms with van der Waals surface area (Å²) < 4.78 is 0. The lowest BCUT2D eigenvalue weighted by Gasteiger charge is -2.18. The average molecular weight is 205 g/mol. The molecule has 1 amide bonds. The predicted molar refractivity (Wildman–Crippen MR) is 59.5 cm³/mol. The molecule has 0 N–H and O–H groups in total. The van der Waals surface area contributed by atoms with Crippen molar-refractivity contribution < 1.29 is 4.79 Å². The van der Waals surface area contributed by atoms with Gasteiger partial charge in [0.2, 0.25) is 0 Å². The highest BCUT2D eigenvalue weighted by Crippen LogP contribution is 2.23. The first kappa shape index (κ1) is 11.6. The van der Waals surface area contributed by atoms with Crippen LogP contribution in [0.5, 0.6) is 0 Å². The van der Waals surface area contributed by atoms with E-state index in [0.717, 1.165) is 11.1 Å². The largest absolute Gasteiger partial charge is 0.292 e. The minimum absolute atomic E-state index is 0.541. The number of carbonyl (C=O) groups is 1. The lowest BCUT2D eigenvalue weighted by molar-refractivity contribution is -0.125. The van der Waals surface area contributed by atoms with Gasteiger partial charge in [0.1, 0.15) is 0 Å². The lowest BCUT2D eigenvalue weighted by Crippen LogP contribution is -2.24. The van der Waals surface area contributed by atoms with Gasteiger partial charge in [-0.1, -0.05) is 43.7 Å². The molecule has 0 radical (unpaired) electrons. The van der Waals surface area contributed by atoms with Gasteiger partial charge in [-0.2, -0.15) is 0 Å².